The second kappa shape index (κ2) is 12.2. The molecule has 0 spiro atoms. The van der Waals surface area contributed by atoms with Crippen LogP contribution in [0.2, 0.25) is 0 Å². The zero-order valence-corrected chi connectivity index (χ0v) is 24.0. The number of rotatable bonds is 5. The van der Waals surface area contributed by atoms with Gasteiger partial charge in [0.05, 0.1) is 18.1 Å². The zero-order chi connectivity index (χ0) is 28.2. The molecular formula is C30H41F2N7. The van der Waals surface area contributed by atoms with Crippen molar-refractivity contribution in [2.45, 2.75) is 60.4 Å². The SMILES string of the molecule is CC.CC(C)N1CC(C)(C)Cc2c(F)cc(-c3nc(Nc4ccc(N5CCCNCC5)cn4)ncc3F)cc21. The van der Waals surface area contributed by atoms with E-state index in [-0.39, 0.29) is 28.9 Å². The Balaban J connectivity index is 0.00000172. The van der Waals surface area contributed by atoms with Gasteiger partial charge in [-0.05, 0) is 62.9 Å². The first-order valence-corrected chi connectivity index (χ1v) is 14.0. The monoisotopic (exact) mass is 537 g/mol. The lowest BCUT2D eigenvalue weighted by Gasteiger charge is -2.43. The van der Waals surface area contributed by atoms with Crippen LogP contribution in [-0.4, -0.2) is 53.7 Å². The molecule has 2 aromatic heterocycles. The van der Waals surface area contributed by atoms with Crippen LogP contribution in [0, 0.1) is 17.0 Å². The van der Waals surface area contributed by atoms with Crippen LogP contribution in [0.3, 0.4) is 0 Å². The molecule has 0 bridgehead atoms. The fourth-order valence-electron chi connectivity index (χ4n) is 5.23. The van der Waals surface area contributed by atoms with Gasteiger partial charge in [0.15, 0.2) is 5.82 Å². The van der Waals surface area contributed by atoms with Gasteiger partial charge in [-0.25, -0.2) is 23.7 Å². The van der Waals surface area contributed by atoms with Gasteiger partial charge >= 0.3 is 0 Å². The summed E-state index contributed by atoms with van der Waals surface area (Å²) < 4.78 is 30.3. The van der Waals surface area contributed by atoms with Crippen molar-refractivity contribution in [3.05, 3.63) is 53.9 Å². The summed E-state index contributed by atoms with van der Waals surface area (Å²) in [7, 11) is 0. The summed E-state index contributed by atoms with van der Waals surface area (Å²) in [6.45, 7) is 17.2. The van der Waals surface area contributed by atoms with Gasteiger partial charge in [0.1, 0.15) is 17.3 Å². The Kier molecular flexibility index (Phi) is 9.00. The molecule has 1 fully saturated rings. The number of benzene rings is 1. The number of nitrogens with zero attached hydrogens (tertiary/aromatic N) is 5. The molecule has 2 aliphatic rings. The highest BCUT2D eigenvalue weighted by Crippen LogP contribution is 2.41. The van der Waals surface area contributed by atoms with E-state index in [9.17, 15) is 4.39 Å². The predicted octanol–water partition coefficient (Wildman–Crippen LogP) is 6.18. The standard InChI is InChI=1S/C28H35F2N7.C2H6/c1-18(2)37-17-28(3,4)14-21-22(29)12-19(13-24(21)37)26-23(30)16-33-27(35-26)34-25-7-6-20(15-32-25)36-10-5-8-31-9-11-36;1-2/h6-7,12-13,15-16,18,31H,5,8-11,14,17H2,1-4H3,(H,32,33,34,35);1-2H3. The summed E-state index contributed by atoms with van der Waals surface area (Å²) in [5.41, 5.74) is 2.93. The van der Waals surface area contributed by atoms with Crippen LogP contribution < -0.4 is 20.4 Å². The number of fused-ring (bicyclic) bond motifs is 1. The van der Waals surface area contributed by atoms with Gasteiger partial charge in [0.2, 0.25) is 5.95 Å². The van der Waals surface area contributed by atoms with Crippen molar-refractivity contribution in [2.75, 3.05) is 47.8 Å². The molecule has 1 aromatic carbocycles. The third kappa shape index (κ3) is 6.64. The van der Waals surface area contributed by atoms with E-state index in [1.54, 1.807) is 0 Å². The molecule has 3 aromatic rings. The first-order chi connectivity index (χ1) is 18.7. The molecule has 1 saturated heterocycles. The normalized spacial score (nSPS) is 16.7. The van der Waals surface area contributed by atoms with Crippen molar-refractivity contribution in [1.29, 1.82) is 0 Å². The quantitative estimate of drug-likeness (QED) is 0.403. The molecule has 0 atom stereocenters. The van der Waals surface area contributed by atoms with Gasteiger partial charge in [-0.2, -0.15) is 0 Å². The van der Waals surface area contributed by atoms with Crippen LogP contribution in [0.4, 0.5) is 31.9 Å². The van der Waals surface area contributed by atoms with Crippen LogP contribution in [0.5, 0.6) is 0 Å². The van der Waals surface area contributed by atoms with Gasteiger partial charge in [0, 0.05) is 49.0 Å². The van der Waals surface area contributed by atoms with Crippen molar-refractivity contribution in [1.82, 2.24) is 20.3 Å². The van der Waals surface area contributed by atoms with Gasteiger partial charge < -0.3 is 20.4 Å². The van der Waals surface area contributed by atoms with Crippen molar-refractivity contribution in [3.8, 4) is 11.3 Å². The van der Waals surface area contributed by atoms with Crippen LogP contribution >= 0.6 is 0 Å². The molecule has 7 nitrogen and oxygen atoms in total. The van der Waals surface area contributed by atoms with E-state index in [2.05, 4.69) is 63.1 Å². The summed E-state index contributed by atoms with van der Waals surface area (Å²) in [6, 6.07) is 7.29. The number of halogens is 2. The van der Waals surface area contributed by atoms with E-state index < -0.39 is 5.82 Å². The highest BCUT2D eigenvalue weighted by molar-refractivity contribution is 5.71. The minimum atomic E-state index is -0.602. The van der Waals surface area contributed by atoms with Gasteiger partial charge in [-0.3, -0.25) is 0 Å². The van der Waals surface area contributed by atoms with Crippen molar-refractivity contribution >= 4 is 23.1 Å². The molecule has 5 rings (SSSR count). The van der Waals surface area contributed by atoms with E-state index in [0.717, 1.165) is 56.7 Å². The summed E-state index contributed by atoms with van der Waals surface area (Å²) in [5, 5.41) is 6.46. The molecule has 39 heavy (non-hydrogen) atoms. The van der Waals surface area contributed by atoms with Gasteiger partial charge in [-0.15, -0.1) is 0 Å². The fourth-order valence-corrected chi connectivity index (χ4v) is 5.23. The summed E-state index contributed by atoms with van der Waals surface area (Å²) >= 11 is 0. The Morgan fingerprint density at radius 1 is 1.00 bits per heavy atom. The number of nitrogens with one attached hydrogen (secondary N) is 2. The predicted molar refractivity (Wildman–Crippen MR) is 156 cm³/mol. The Morgan fingerprint density at radius 2 is 1.79 bits per heavy atom. The molecule has 2 aliphatic heterocycles. The van der Waals surface area contributed by atoms with Crippen molar-refractivity contribution < 1.29 is 8.78 Å². The van der Waals surface area contributed by atoms with Crippen molar-refractivity contribution in [3.63, 3.8) is 0 Å². The molecule has 2 N–H and O–H groups in total. The summed E-state index contributed by atoms with van der Waals surface area (Å²) in [5.74, 6) is -0.177. The van der Waals surface area contributed by atoms with Gasteiger partial charge in [-0.1, -0.05) is 27.7 Å². The second-order valence-corrected chi connectivity index (χ2v) is 11.0. The van der Waals surface area contributed by atoms with E-state index in [1.807, 2.05) is 38.2 Å². The smallest absolute Gasteiger partial charge is 0.229 e. The molecule has 0 saturated carbocycles. The number of hydrogen-bond acceptors (Lipinski definition) is 7. The average molecular weight is 538 g/mol. The number of aromatic nitrogens is 3. The first-order valence-electron chi connectivity index (χ1n) is 14.0. The molecule has 0 aliphatic carbocycles. The lowest BCUT2D eigenvalue weighted by molar-refractivity contribution is 0.332. The van der Waals surface area contributed by atoms with Crippen LogP contribution in [0.25, 0.3) is 11.3 Å². The minimum Gasteiger partial charge on any atom is -0.369 e. The number of pyridine rings is 1. The third-order valence-corrected chi connectivity index (χ3v) is 7.07. The Bertz CT molecular complexity index is 1250. The van der Waals surface area contributed by atoms with Gasteiger partial charge in [0.25, 0.3) is 0 Å². The summed E-state index contributed by atoms with van der Waals surface area (Å²) in [4.78, 5) is 17.5. The fraction of sp³-hybridized carbons (Fsp3) is 0.500. The molecule has 0 unspecified atom stereocenters. The third-order valence-electron chi connectivity index (χ3n) is 7.07. The van der Waals surface area contributed by atoms with E-state index in [1.165, 1.54) is 6.07 Å². The average Bonchev–Trinajstić information content (AvgIpc) is 3.21. The van der Waals surface area contributed by atoms with E-state index >= 15 is 4.39 Å². The molecule has 9 heteroatoms. The Morgan fingerprint density at radius 3 is 2.51 bits per heavy atom. The van der Waals surface area contributed by atoms with Crippen LogP contribution in [0.1, 0.15) is 53.5 Å². The zero-order valence-electron chi connectivity index (χ0n) is 24.0. The minimum absolute atomic E-state index is 0.0520. The largest absolute Gasteiger partial charge is 0.369 e. The Labute approximate surface area is 231 Å². The van der Waals surface area contributed by atoms with E-state index in [4.69, 9.17) is 0 Å². The highest BCUT2D eigenvalue weighted by Gasteiger charge is 2.34. The molecule has 0 amide bonds. The lowest BCUT2D eigenvalue weighted by atomic mass is 9.80. The molecule has 0 radical (unpaired) electrons. The Hall–Kier alpha value is -3.33. The van der Waals surface area contributed by atoms with Crippen LogP contribution in [0.15, 0.2) is 36.7 Å². The summed E-state index contributed by atoms with van der Waals surface area (Å²) in [6.07, 6.45) is 4.65. The highest BCUT2D eigenvalue weighted by atomic mass is 19.1. The maximum Gasteiger partial charge on any atom is 0.229 e. The van der Waals surface area contributed by atoms with Crippen LogP contribution in [-0.2, 0) is 6.42 Å². The number of anilines is 4. The maximum absolute atomic E-state index is 15.4. The lowest BCUT2D eigenvalue weighted by Crippen LogP contribution is -2.44. The maximum atomic E-state index is 15.4. The van der Waals surface area contributed by atoms with Crippen molar-refractivity contribution in [2.24, 2.45) is 5.41 Å². The molecule has 4 heterocycles. The molecular weight excluding hydrogens is 496 g/mol. The topological polar surface area (TPSA) is 69.2 Å². The second-order valence-electron chi connectivity index (χ2n) is 11.0. The first kappa shape index (κ1) is 28.7. The number of hydrogen-bond donors (Lipinski definition) is 2. The van der Waals surface area contributed by atoms with E-state index in [0.29, 0.717) is 23.4 Å². The molecule has 210 valence electrons.